The Bertz CT molecular complexity index is 871. The van der Waals surface area contributed by atoms with Gasteiger partial charge in [-0.25, -0.2) is 8.42 Å². The minimum Gasteiger partial charge on any atom is -0.380 e. The smallest absolute Gasteiger partial charge is 0.262 e. The molecule has 0 unspecified atom stereocenters. The van der Waals surface area contributed by atoms with E-state index in [1.165, 1.54) is 13.2 Å². The van der Waals surface area contributed by atoms with Crippen molar-refractivity contribution in [2.75, 3.05) is 30.8 Å². The van der Waals surface area contributed by atoms with Gasteiger partial charge < -0.3 is 9.64 Å². The van der Waals surface area contributed by atoms with Crippen LogP contribution in [-0.2, 0) is 21.4 Å². The molecule has 2 aromatic carbocycles. The van der Waals surface area contributed by atoms with E-state index in [1.54, 1.807) is 36.4 Å². The van der Waals surface area contributed by atoms with E-state index in [0.717, 1.165) is 5.69 Å². The van der Waals surface area contributed by atoms with Crippen LogP contribution in [0.4, 0.5) is 11.4 Å². The number of sulfonamides is 1. The first-order valence-corrected chi connectivity index (χ1v) is 8.68. The van der Waals surface area contributed by atoms with Gasteiger partial charge >= 0.3 is 0 Å². The van der Waals surface area contributed by atoms with Crippen molar-refractivity contribution in [3.05, 3.63) is 53.6 Å². The SMILES string of the molecule is COCc1ccccc1S(=O)(=O)Nc1cc(N(C)C)ccc1C#N. The maximum atomic E-state index is 12.8. The summed E-state index contributed by atoms with van der Waals surface area (Å²) in [6.45, 7) is 0.180. The molecular weight excluding hydrogens is 326 g/mol. The van der Waals surface area contributed by atoms with Gasteiger partial charge in [-0.15, -0.1) is 0 Å². The number of ether oxygens (including phenoxy) is 1. The van der Waals surface area contributed by atoms with Crippen LogP contribution in [-0.4, -0.2) is 29.6 Å². The van der Waals surface area contributed by atoms with Gasteiger partial charge in [0.25, 0.3) is 10.0 Å². The summed E-state index contributed by atoms with van der Waals surface area (Å²) in [6, 6.07) is 13.6. The highest BCUT2D eigenvalue weighted by Gasteiger charge is 2.20. The Morgan fingerprint density at radius 3 is 2.54 bits per heavy atom. The molecule has 0 spiro atoms. The van der Waals surface area contributed by atoms with Gasteiger partial charge in [0.05, 0.1) is 22.8 Å². The maximum Gasteiger partial charge on any atom is 0.262 e. The van der Waals surface area contributed by atoms with Gasteiger partial charge in [-0.3, -0.25) is 4.72 Å². The summed E-state index contributed by atoms with van der Waals surface area (Å²) in [4.78, 5) is 1.96. The first-order valence-electron chi connectivity index (χ1n) is 7.20. The van der Waals surface area contributed by atoms with Gasteiger partial charge in [0, 0.05) is 26.9 Å². The summed E-state index contributed by atoms with van der Waals surface area (Å²) in [5.41, 5.74) is 1.84. The molecule has 0 heterocycles. The number of anilines is 2. The third kappa shape index (κ3) is 3.85. The van der Waals surface area contributed by atoms with Crippen molar-refractivity contribution in [3.8, 4) is 6.07 Å². The molecule has 0 aliphatic carbocycles. The lowest BCUT2D eigenvalue weighted by molar-refractivity contribution is 0.182. The van der Waals surface area contributed by atoms with Crippen molar-refractivity contribution in [1.82, 2.24) is 0 Å². The van der Waals surface area contributed by atoms with Crippen LogP contribution in [0.1, 0.15) is 11.1 Å². The second-order valence-electron chi connectivity index (χ2n) is 5.38. The molecule has 0 saturated heterocycles. The largest absolute Gasteiger partial charge is 0.380 e. The van der Waals surface area contributed by atoms with Crippen LogP contribution >= 0.6 is 0 Å². The summed E-state index contributed by atoms with van der Waals surface area (Å²) in [5, 5.41) is 9.24. The predicted octanol–water partition coefficient (Wildman–Crippen LogP) is 2.57. The van der Waals surface area contributed by atoms with E-state index in [9.17, 15) is 13.7 Å². The molecule has 24 heavy (non-hydrogen) atoms. The van der Waals surface area contributed by atoms with Gasteiger partial charge in [-0.05, 0) is 29.8 Å². The topological polar surface area (TPSA) is 82.4 Å². The predicted molar refractivity (Wildman–Crippen MR) is 93.4 cm³/mol. The Labute approximate surface area is 142 Å². The summed E-state index contributed by atoms with van der Waals surface area (Å²) in [6.07, 6.45) is 0. The third-order valence-electron chi connectivity index (χ3n) is 3.45. The lowest BCUT2D eigenvalue weighted by Gasteiger charge is -2.16. The zero-order valence-corrected chi connectivity index (χ0v) is 14.6. The number of nitrogens with zero attached hydrogens (tertiary/aromatic N) is 2. The first kappa shape index (κ1) is 17.8. The number of nitriles is 1. The Kier molecular flexibility index (Phi) is 5.44. The second kappa shape index (κ2) is 7.34. The molecular formula is C17H19N3O3S. The van der Waals surface area contributed by atoms with Gasteiger partial charge in [0.15, 0.2) is 0 Å². The average Bonchev–Trinajstić information content (AvgIpc) is 2.55. The van der Waals surface area contributed by atoms with E-state index >= 15 is 0 Å². The van der Waals surface area contributed by atoms with Crippen molar-refractivity contribution in [1.29, 1.82) is 5.26 Å². The molecule has 0 amide bonds. The van der Waals surface area contributed by atoms with Crippen LogP contribution in [0.5, 0.6) is 0 Å². The molecule has 1 N–H and O–H groups in total. The van der Waals surface area contributed by atoms with Crippen LogP contribution in [0.3, 0.4) is 0 Å². The Morgan fingerprint density at radius 1 is 1.21 bits per heavy atom. The number of hydrogen-bond acceptors (Lipinski definition) is 5. The Balaban J connectivity index is 2.47. The fourth-order valence-electron chi connectivity index (χ4n) is 2.23. The van der Waals surface area contributed by atoms with Crippen molar-refractivity contribution < 1.29 is 13.2 Å². The molecule has 0 bridgehead atoms. The second-order valence-corrected chi connectivity index (χ2v) is 7.03. The van der Waals surface area contributed by atoms with Gasteiger partial charge in [-0.2, -0.15) is 5.26 Å². The molecule has 0 fully saturated rings. The molecule has 0 atom stereocenters. The number of benzene rings is 2. The maximum absolute atomic E-state index is 12.8. The molecule has 2 aromatic rings. The molecule has 6 nitrogen and oxygen atoms in total. The quantitative estimate of drug-likeness (QED) is 0.870. The number of rotatable bonds is 6. The normalized spacial score (nSPS) is 10.9. The van der Waals surface area contributed by atoms with E-state index in [1.807, 2.05) is 25.1 Å². The van der Waals surface area contributed by atoms with Crippen molar-refractivity contribution in [2.45, 2.75) is 11.5 Å². The number of hydrogen-bond donors (Lipinski definition) is 1. The fraction of sp³-hybridized carbons (Fsp3) is 0.235. The molecule has 0 aromatic heterocycles. The van der Waals surface area contributed by atoms with Gasteiger partial charge in [0.1, 0.15) is 6.07 Å². The molecule has 7 heteroatoms. The van der Waals surface area contributed by atoms with Crippen molar-refractivity contribution in [2.24, 2.45) is 0 Å². The molecule has 0 radical (unpaired) electrons. The van der Waals surface area contributed by atoms with Crippen LogP contribution in [0.15, 0.2) is 47.4 Å². The van der Waals surface area contributed by atoms with E-state index in [2.05, 4.69) is 4.72 Å². The van der Waals surface area contributed by atoms with Crippen LogP contribution in [0, 0.1) is 11.3 Å². The molecule has 2 rings (SSSR count). The van der Waals surface area contributed by atoms with E-state index in [-0.39, 0.29) is 22.8 Å². The highest BCUT2D eigenvalue weighted by atomic mass is 32.2. The molecule has 0 aliphatic heterocycles. The standard InChI is InChI=1S/C17H19N3O3S/c1-20(2)15-9-8-13(11-18)16(10-15)19-24(21,22)17-7-5-4-6-14(17)12-23-3/h4-10,19H,12H2,1-3H3. The minimum absolute atomic E-state index is 0.131. The fourth-order valence-corrected chi connectivity index (χ4v) is 3.53. The summed E-state index contributed by atoms with van der Waals surface area (Å²) >= 11 is 0. The lowest BCUT2D eigenvalue weighted by Crippen LogP contribution is -2.17. The van der Waals surface area contributed by atoms with Gasteiger partial charge in [0.2, 0.25) is 0 Å². The summed E-state index contributed by atoms with van der Waals surface area (Å²) in [7, 11) is 1.35. The number of methoxy groups -OCH3 is 1. The van der Waals surface area contributed by atoms with Gasteiger partial charge in [-0.1, -0.05) is 18.2 Å². The highest BCUT2D eigenvalue weighted by Crippen LogP contribution is 2.26. The monoisotopic (exact) mass is 345 g/mol. The number of nitrogens with one attached hydrogen (secondary N) is 1. The van der Waals surface area contributed by atoms with Crippen LogP contribution < -0.4 is 9.62 Å². The van der Waals surface area contributed by atoms with E-state index < -0.39 is 10.0 Å². The first-order chi connectivity index (χ1) is 11.4. The van der Waals surface area contributed by atoms with Crippen molar-refractivity contribution in [3.63, 3.8) is 0 Å². The van der Waals surface area contributed by atoms with Crippen molar-refractivity contribution >= 4 is 21.4 Å². The van der Waals surface area contributed by atoms with E-state index in [4.69, 9.17) is 4.74 Å². The Morgan fingerprint density at radius 2 is 1.92 bits per heavy atom. The summed E-state index contributed by atoms with van der Waals surface area (Å²) < 4.78 is 33.1. The van der Waals surface area contributed by atoms with Crippen LogP contribution in [0.25, 0.3) is 0 Å². The van der Waals surface area contributed by atoms with Crippen LogP contribution in [0.2, 0.25) is 0 Å². The van der Waals surface area contributed by atoms with E-state index in [0.29, 0.717) is 5.56 Å². The zero-order valence-electron chi connectivity index (χ0n) is 13.8. The third-order valence-corrected chi connectivity index (χ3v) is 4.91. The zero-order chi connectivity index (χ0) is 17.7. The lowest BCUT2D eigenvalue weighted by atomic mass is 10.2. The molecule has 126 valence electrons. The minimum atomic E-state index is -3.84. The Hall–Kier alpha value is -2.56. The average molecular weight is 345 g/mol. The highest BCUT2D eigenvalue weighted by molar-refractivity contribution is 7.92. The molecule has 0 aliphatic rings. The molecule has 0 saturated carbocycles. The summed E-state index contributed by atoms with van der Waals surface area (Å²) in [5.74, 6) is 0.